The number of aromatic hydroxyl groups is 2. The van der Waals surface area contributed by atoms with Gasteiger partial charge in [0.1, 0.15) is 11.5 Å². The molecule has 3 aliphatic rings. The summed E-state index contributed by atoms with van der Waals surface area (Å²) in [7, 11) is 0.286. The molecule has 3 N–H and O–H groups in total. The lowest BCUT2D eigenvalue weighted by Gasteiger charge is -2.22. The summed E-state index contributed by atoms with van der Waals surface area (Å²) in [6.45, 7) is 6.33. The molecule has 0 amide bonds. The number of epoxide rings is 2. The first kappa shape index (κ1) is 20.5. The van der Waals surface area contributed by atoms with Crippen LogP contribution in [-0.2, 0) is 9.47 Å². The highest BCUT2D eigenvalue weighted by Crippen LogP contribution is 2.75. The summed E-state index contributed by atoms with van der Waals surface area (Å²) in [5.41, 5.74) is 6.71. The van der Waals surface area contributed by atoms with Gasteiger partial charge in [0.25, 0.3) is 5.79 Å². The quantitative estimate of drug-likeness (QED) is 0.393. The number of allylic oxidation sites excluding steroid dienone is 2. The third-order valence-electron chi connectivity index (χ3n) is 6.68. The Labute approximate surface area is 193 Å². The highest BCUT2D eigenvalue weighted by molar-refractivity contribution is 7.53. The standard InChI is InChI=1S/C27H23O5P/c1-14-12-16(3)21(13-15(14)2)33-24-22(17-4-8-19(28)9-5-17)23(18-6-10-20(29)11-7-18)26(30)27(32-26)25(24)31-27/h4-13,28-30,33H,1-3H3. The van der Waals surface area contributed by atoms with Crippen LogP contribution in [0.3, 0.4) is 0 Å². The van der Waals surface area contributed by atoms with Gasteiger partial charge in [0.2, 0.25) is 0 Å². The third kappa shape index (κ3) is 2.90. The number of hydrogen-bond acceptors (Lipinski definition) is 5. The van der Waals surface area contributed by atoms with Crippen LogP contribution in [0.25, 0.3) is 11.1 Å². The average Bonchev–Trinajstić information content (AvgIpc) is 3.65. The molecule has 2 saturated heterocycles. The van der Waals surface area contributed by atoms with Gasteiger partial charge in [-0.15, -0.1) is 0 Å². The van der Waals surface area contributed by atoms with E-state index in [-0.39, 0.29) is 20.1 Å². The number of hydrogen-bond donors (Lipinski definition) is 3. The van der Waals surface area contributed by atoms with Gasteiger partial charge in [-0.05, 0) is 78.2 Å². The fraction of sp³-hybridized carbons (Fsp3) is 0.185. The van der Waals surface area contributed by atoms with Crippen molar-refractivity contribution in [1.29, 1.82) is 0 Å². The molecule has 0 radical (unpaired) electrons. The topological polar surface area (TPSA) is 85.8 Å². The molecule has 166 valence electrons. The summed E-state index contributed by atoms with van der Waals surface area (Å²) < 4.78 is 11.8. The maximum atomic E-state index is 11.5. The molecular formula is C27H23O5P. The Morgan fingerprint density at radius 2 is 1.33 bits per heavy atom. The fourth-order valence-corrected chi connectivity index (χ4v) is 6.21. The molecule has 3 aromatic carbocycles. The molecule has 0 aromatic heterocycles. The minimum atomic E-state index is -1.58. The predicted molar refractivity (Wildman–Crippen MR) is 129 cm³/mol. The lowest BCUT2D eigenvalue weighted by atomic mass is 9.85. The lowest BCUT2D eigenvalue weighted by Crippen LogP contribution is -2.22. The smallest absolute Gasteiger partial charge is 0.333 e. The van der Waals surface area contributed by atoms with Crippen molar-refractivity contribution in [3.8, 4) is 11.5 Å². The van der Waals surface area contributed by atoms with E-state index < -0.39 is 11.6 Å². The zero-order chi connectivity index (χ0) is 23.1. The van der Waals surface area contributed by atoms with Crippen LogP contribution in [0.15, 0.2) is 71.7 Å². The van der Waals surface area contributed by atoms with Crippen LogP contribution < -0.4 is 5.30 Å². The first-order valence-electron chi connectivity index (χ1n) is 10.8. The van der Waals surface area contributed by atoms with Crippen LogP contribution in [0.4, 0.5) is 0 Å². The summed E-state index contributed by atoms with van der Waals surface area (Å²) in [5, 5.41) is 33.4. The van der Waals surface area contributed by atoms with E-state index in [9.17, 15) is 15.3 Å². The lowest BCUT2D eigenvalue weighted by molar-refractivity contribution is 0.0924. The van der Waals surface area contributed by atoms with Crippen molar-refractivity contribution in [2.75, 3.05) is 0 Å². The van der Waals surface area contributed by atoms with Gasteiger partial charge >= 0.3 is 5.79 Å². The number of aryl methyl sites for hydroxylation is 3. The van der Waals surface area contributed by atoms with E-state index in [1.165, 1.54) is 22.0 Å². The van der Waals surface area contributed by atoms with Crippen molar-refractivity contribution in [3.05, 3.63) is 99.6 Å². The monoisotopic (exact) mass is 458 g/mol. The van der Waals surface area contributed by atoms with Crippen LogP contribution >= 0.6 is 8.58 Å². The van der Waals surface area contributed by atoms with Crippen LogP contribution in [0.1, 0.15) is 27.8 Å². The van der Waals surface area contributed by atoms with Crippen molar-refractivity contribution in [3.63, 3.8) is 0 Å². The van der Waals surface area contributed by atoms with E-state index >= 15 is 0 Å². The maximum Gasteiger partial charge on any atom is 0.333 e. The first-order chi connectivity index (χ1) is 15.7. The van der Waals surface area contributed by atoms with Gasteiger partial charge in [0.05, 0.1) is 0 Å². The second-order valence-electron chi connectivity index (χ2n) is 8.89. The van der Waals surface area contributed by atoms with E-state index in [1.807, 2.05) is 12.1 Å². The molecule has 2 heterocycles. The van der Waals surface area contributed by atoms with Crippen molar-refractivity contribution in [2.24, 2.45) is 0 Å². The number of rotatable bonds is 4. The van der Waals surface area contributed by atoms with Gasteiger partial charge in [-0.2, -0.15) is 0 Å². The molecule has 1 spiro atoms. The van der Waals surface area contributed by atoms with E-state index in [4.69, 9.17) is 9.47 Å². The highest BCUT2D eigenvalue weighted by atomic mass is 31.1. The normalized spacial score (nSPS) is 25.2. The van der Waals surface area contributed by atoms with Crippen LogP contribution in [-0.4, -0.2) is 26.9 Å². The largest absolute Gasteiger partial charge is 0.508 e. The molecule has 1 aliphatic carbocycles. The molecule has 0 saturated carbocycles. The molecule has 2 aliphatic heterocycles. The Bertz CT molecular complexity index is 1390. The SMILES string of the molecule is Cc1cc(C)c(PC2=C3OC34OC4(O)C(c3ccc(O)cc3)=C2c2ccc(O)cc2)cc1C. The fourth-order valence-electron chi connectivity index (χ4n) is 4.66. The number of aliphatic hydroxyl groups is 1. The average molecular weight is 458 g/mol. The van der Waals surface area contributed by atoms with E-state index in [1.54, 1.807) is 36.4 Å². The van der Waals surface area contributed by atoms with Crippen molar-refractivity contribution in [1.82, 2.24) is 0 Å². The highest BCUT2D eigenvalue weighted by Gasteiger charge is 2.90. The summed E-state index contributed by atoms with van der Waals surface area (Å²) in [6, 6.07) is 18.1. The number of benzene rings is 3. The third-order valence-corrected chi connectivity index (χ3v) is 8.21. The number of phenolic OH excluding ortho intramolecular Hbond substituents is 2. The van der Waals surface area contributed by atoms with E-state index in [2.05, 4.69) is 32.9 Å². The Balaban J connectivity index is 1.59. The predicted octanol–water partition coefficient (Wildman–Crippen LogP) is 4.61. The van der Waals surface area contributed by atoms with Crippen LogP contribution in [0.5, 0.6) is 11.5 Å². The summed E-state index contributed by atoms with van der Waals surface area (Å²) in [6.07, 6.45) is 0. The molecule has 2 fully saturated rings. The Morgan fingerprint density at radius 3 is 1.97 bits per heavy atom. The van der Waals surface area contributed by atoms with Crippen molar-refractivity contribution < 1.29 is 24.8 Å². The van der Waals surface area contributed by atoms with Gasteiger partial charge in [-0.25, -0.2) is 0 Å². The van der Waals surface area contributed by atoms with Gasteiger partial charge in [-0.1, -0.05) is 45.0 Å². The zero-order valence-corrected chi connectivity index (χ0v) is 19.4. The summed E-state index contributed by atoms with van der Waals surface area (Å²) in [4.78, 5) is 0. The van der Waals surface area contributed by atoms with Crippen molar-refractivity contribution in [2.45, 2.75) is 32.3 Å². The Morgan fingerprint density at radius 1 is 0.758 bits per heavy atom. The molecular weight excluding hydrogens is 435 g/mol. The minimum absolute atomic E-state index is 0.145. The summed E-state index contributed by atoms with van der Waals surface area (Å²) >= 11 is 0. The molecule has 33 heavy (non-hydrogen) atoms. The first-order valence-corrected chi connectivity index (χ1v) is 11.8. The van der Waals surface area contributed by atoms with E-state index in [0.29, 0.717) is 11.3 Å². The summed E-state index contributed by atoms with van der Waals surface area (Å²) in [5.74, 6) is -1.71. The molecule has 6 heteroatoms. The molecule has 3 aromatic rings. The second kappa shape index (κ2) is 6.71. The molecule has 5 nitrogen and oxygen atoms in total. The molecule has 3 atom stereocenters. The van der Waals surface area contributed by atoms with Gasteiger partial charge in [0.15, 0.2) is 5.76 Å². The number of ether oxygens (including phenoxy) is 2. The van der Waals surface area contributed by atoms with E-state index in [0.717, 1.165) is 22.0 Å². The molecule has 6 rings (SSSR count). The Hall–Kier alpha value is -3.11. The van der Waals surface area contributed by atoms with Crippen molar-refractivity contribution >= 4 is 25.0 Å². The minimum Gasteiger partial charge on any atom is -0.508 e. The van der Waals surface area contributed by atoms with Gasteiger partial charge < -0.3 is 20.1 Å². The molecule has 3 unspecified atom stereocenters. The maximum absolute atomic E-state index is 11.5. The van der Waals surface area contributed by atoms with Crippen LogP contribution in [0, 0.1) is 20.8 Å². The zero-order valence-electron chi connectivity index (χ0n) is 18.4. The second-order valence-corrected chi connectivity index (χ2v) is 10.2. The molecule has 0 bridgehead atoms. The van der Waals surface area contributed by atoms with Crippen LogP contribution in [0.2, 0.25) is 0 Å². The van der Waals surface area contributed by atoms with Gasteiger partial charge in [0, 0.05) is 16.5 Å². The van der Waals surface area contributed by atoms with Gasteiger partial charge in [-0.3, -0.25) is 4.74 Å². The number of phenols is 2. The Kier molecular flexibility index (Phi) is 4.16.